The zero-order valence-corrected chi connectivity index (χ0v) is 9.03. The summed E-state index contributed by atoms with van der Waals surface area (Å²) in [4.78, 5) is 23.7. The van der Waals surface area contributed by atoms with Crippen molar-refractivity contribution in [2.45, 2.75) is 26.0 Å². The van der Waals surface area contributed by atoms with E-state index in [2.05, 4.69) is 0 Å². The number of amides is 3. The van der Waals surface area contributed by atoms with Gasteiger partial charge >= 0.3 is 6.03 Å². The highest BCUT2D eigenvalue weighted by atomic mass is 16.5. The largest absolute Gasteiger partial charge is 0.376 e. The maximum absolute atomic E-state index is 11.3. The van der Waals surface area contributed by atoms with Gasteiger partial charge in [0.15, 0.2) is 0 Å². The van der Waals surface area contributed by atoms with E-state index in [4.69, 9.17) is 10.5 Å². The quantitative estimate of drug-likeness (QED) is 0.637. The second kappa shape index (κ2) is 5.09. The summed E-state index contributed by atoms with van der Waals surface area (Å²) in [7, 11) is 0. The molecule has 15 heavy (non-hydrogen) atoms. The van der Waals surface area contributed by atoms with Crippen LogP contribution in [0.1, 0.15) is 13.8 Å². The van der Waals surface area contributed by atoms with E-state index in [1.807, 2.05) is 24.1 Å². The number of nitrogens with two attached hydrogens (primary N) is 1. The van der Waals surface area contributed by atoms with Crippen LogP contribution in [0.4, 0.5) is 4.79 Å². The number of imide groups is 1. The van der Waals surface area contributed by atoms with Crippen LogP contribution in [0.15, 0.2) is 0 Å². The fraction of sp³-hybridized carbons (Fsp3) is 0.778. The molecule has 0 aliphatic carbocycles. The van der Waals surface area contributed by atoms with Crippen LogP contribution in [0.25, 0.3) is 0 Å². The van der Waals surface area contributed by atoms with Crippen LogP contribution in [0, 0.1) is 0 Å². The van der Waals surface area contributed by atoms with Gasteiger partial charge in [0.05, 0.1) is 19.3 Å². The summed E-state index contributed by atoms with van der Waals surface area (Å²) in [5.41, 5.74) is 4.85. The highest BCUT2D eigenvalue weighted by Crippen LogP contribution is 2.10. The van der Waals surface area contributed by atoms with Gasteiger partial charge in [-0.1, -0.05) is 0 Å². The first-order valence-corrected chi connectivity index (χ1v) is 4.94. The molecule has 6 heteroatoms. The normalized spacial score (nSPS) is 27.3. The van der Waals surface area contributed by atoms with E-state index >= 15 is 0 Å². The number of rotatable bonds is 2. The predicted molar refractivity (Wildman–Crippen MR) is 54.2 cm³/mol. The number of hydrogen-bond acceptors (Lipinski definition) is 4. The van der Waals surface area contributed by atoms with Gasteiger partial charge in [0.2, 0.25) is 5.91 Å². The van der Waals surface area contributed by atoms with E-state index in [1.54, 1.807) is 0 Å². The van der Waals surface area contributed by atoms with Gasteiger partial charge in [0, 0.05) is 12.6 Å². The van der Waals surface area contributed by atoms with Crippen LogP contribution >= 0.6 is 0 Å². The monoisotopic (exact) mass is 215 g/mol. The summed E-state index contributed by atoms with van der Waals surface area (Å²) in [5, 5.41) is 2.04. The van der Waals surface area contributed by atoms with Gasteiger partial charge in [-0.2, -0.15) is 0 Å². The third-order valence-corrected chi connectivity index (χ3v) is 2.35. The van der Waals surface area contributed by atoms with Crippen LogP contribution in [0.5, 0.6) is 0 Å². The predicted octanol–water partition coefficient (Wildman–Crippen LogP) is -0.709. The Morgan fingerprint density at radius 1 is 1.53 bits per heavy atom. The van der Waals surface area contributed by atoms with Crippen molar-refractivity contribution in [3.63, 3.8) is 0 Å². The smallest absolute Gasteiger partial charge is 0.318 e. The first kappa shape index (κ1) is 11.9. The first-order chi connectivity index (χ1) is 6.99. The average molecular weight is 215 g/mol. The van der Waals surface area contributed by atoms with E-state index < -0.39 is 6.03 Å². The van der Waals surface area contributed by atoms with Gasteiger partial charge in [0.25, 0.3) is 0 Å². The minimum absolute atomic E-state index is 0.113. The molecule has 6 nitrogen and oxygen atoms in total. The number of carbonyl (C=O) groups excluding carboxylic acids is 2. The molecule has 2 atom stereocenters. The van der Waals surface area contributed by atoms with Gasteiger partial charge in [-0.15, -0.1) is 0 Å². The molecule has 0 saturated carbocycles. The molecule has 0 aromatic heterocycles. The van der Waals surface area contributed by atoms with Crippen molar-refractivity contribution in [3.8, 4) is 0 Å². The van der Waals surface area contributed by atoms with Crippen molar-refractivity contribution in [3.05, 3.63) is 0 Å². The minimum atomic E-state index is -0.811. The SMILES string of the molecule is CC1CN(CC(=O)NC(N)=O)C(C)CO1. The van der Waals surface area contributed by atoms with Gasteiger partial charge in [-0.25, -0.2) is 4.79 Å². The lowest BCUT2D eigenvalue weighted by Crippen LogP contribution is -2.52. The van der Waals surface area contributed by atoms with E-state index in [9.17, 15) is 9.59 Å². The van der Waals surface area contributed by atoms with Crippen molar-refractivity contribution in [1.29, 1.82) is 0 Å². The van der Waals surface area contributed by atoms with Crippen molar-refractivity contribution in [2.24, 2.45) is 5.73 Å². The summed E-state index contributed by atoms with van der Waals surface area (Å²) < 4.78 is 5.42. The molecule has 1 rings (SSSR count). The molecule has 3 amide bonds. The van der Waals surface area contributed by atoms with Crippen molar-refractivity contribution in [2.75, 3.05) is 19.7 Å². The van der Waals surface area contributed by atoms with Crippen molar-refractivity contribution in [1.82, 2.24) is 10.2 Å². The fourth-order valence-corrected chi connectivity index (χ4v) is 1.55. The van der Waals surface area contributed by atoms with Crippen LogP contribution in [0.3, 0.4) is 0 Å². The Morgan fingerprint density at radius 3 is 2.80 bits per heavy atom. The Balaban J connectivity index is 2.41. The molecule has 86 valence electrons. The van der Waals surface area contributed by atoms with Crippen molar-refractivity contribution >= 4 is 11.9 Å². The number of ether oxygens (including phenoxy) is 1. The molecule has 0 spiro atoms. The molecule has 0 aromatic carbocycles. The number of nitrogens with zero attached hydrogens (tertiary/aromatic N) is 1. The minimum Gasteiger partial charge on any atom is -0.376 e. The summed E-state index contributed by atoms with van der Waals surface area (Å²) >= 11 is 0. The summed E-state index contributed by atoms with van der Waals surface area (Å²) in [6.45, 7) is 5.39. The standard InChI is InChI=1S/C9H17N3O3/c1-6-5-15-7(2)3-12(6)4-8(13)11-9(10)14/h6-7H,3-5H2,1-2H3,(H3,10,11,13,14). The molecule has 1 aliphatic rings. The number of urea groups is 1. The Hall–Kier alpha value is -1.14. The Morgan fingerprint density at radius 2 is 2.20 bits per heavy atom. The van der Waals surface area contributed by atoms with Gasteiger partial charge in [0.1, 0.15) is 0 Å². The highest BCUT2D eigenvalue weighted by molar-refractivity contribution is 5.94. The Kier molecular flexibility index (Phi) is 4.05. The van der Waals surface area contributed by atoms with E-state index in [0.717, 1.165) is 0 Å². The Bertz CT molecular complexity index is 257. The maximum Gasteiger partial charge on any atom is 0.318 e. The summed E-state index contributed by atoms with van der Waals surface area (Å²) in [6, 6.07) is -0.631. The number of primary amides is 1. The molecule has 3 N–H and O–H groups in total. The average Bonchev–Trinajstić information content (AvgIpc) is 2.10. The molecule has 0 bridgehead atoms. The first-order valence-electron chi connectivity index (χ1n) is 4.94. The molecule has 2 unspecified atom stereocenters. The number of carbonyl (C=O) groups is 2. The van der Waals surface area contributed by atoms with Gasteiger partial charge < -0.3 is 10.5 Å². The zero-order valence-electron chi connectivity index (χ0n) is 9.03. The van der Waals surface area contributed by atoms with Gasteiger partial charge in [-0.05, 0) is 13.8 Å². The molecule has 1 heterocycles. The second-order valence-corrected chi connectivity index (χ2v) is 3.83. The van der Waals surface area contributed by atoms with Crippen molar-refractivity contribution < 1.29 is 14.3 Å². The van der Waals surface area contributed by atoms with Crippen LogP contribution in [-0.2, 0) is 9.53 Å². The third kappa shape index (κ3) is 3.85. The van der Waals surface area contributed by atoms with Gasteiger partial charge in [-0.3, -0.25) is 15.0 Å². The van der Waals surface area contributed by atoms with E-state index in [-0.39, 0.29) is 24.6 Å². The number of nitrogens with one attached hydrogen (secondary N) is 1. The molecule has 1 aliphatic heterocycles. The molecule has 1 fully saturated rings. The molecular weight excluding hydrogens is 198 g/mol. The maximum atomic E-state index is 11.3. The zero-order chi connectivity index (χ0) is 11.4. The van der Waals surface area contributed by atoms with Crippen LogP contribution in [-0.4, -0.2) is 48.7 Å². The molecule has 0 radical (unpaired) electrons. The molecule has 0 aromatic rings. The molecular formula is C9H17N3O3. The van der Waals surface area contributed by atoms with Crippen LogP contribution in [0.2, 0.25) is 0 Å². The summed E-state index contributed by atoms with van der Waals surface area (Å²) in [6.07, 6.45) is 0.113. The second-order valence-electron chi connectivity index (χ2n) is 3.83. The van der Waals surface area contributed by atoms with Crippen LogP contribution < -0.4 is 11.1 Å². The lowest BCUT2D eigenvalue weighted by molar-refractivity contribution is -0.124. The van der Waals surface area contributed by atoms with E-state index in [0.29, 0.717) is 13.2 Å². The highest BCUT2D eigenvalue weighted by Gasteiger charge is 2.25. The lowest BCUT2D eigenvalue weighted by Gasteiger charge is -2.36. The molecule has 1 saturated heterocycles. The fourth-order valence-electron chi connectivity index (χ4n) is 1.55. The lowest BCUT2D eigenvalue weighted by atomic mass is 10.2. The number of morpholine rings is 1. The summed E-state index contributed by atoms with van der Waals surface area (Å²) in [5.74, 6) is -0.372. The topological polar surface area (TPSA) is 84.7 Å². The number of hydrogen-bond donors (Lipinski definition) is 2. The third-order valence-electron chi connectivity index (χ3n) is 2.35. The van der Waals surface area contributed by atoms with E-state index in [1.165, 1.54) is 0 Å². The Labute approximate surface area is 88.7 Å².